The van der Waals surface area contributed by atoms with Gasteiger partial charge in [0.1, 0.15) is 5.82 Å². The minimum Gasteiger partial charge on any atom is -0.481 e. The number of aromatic nitrogens is 2. The Morgan fingerprint density at radius 3 is 2.79 bits per heavy atom. The third-order valence-electron chi connectivity index (χ3n) is 4.62. The highest BCUT2D eigenvalue weighted by molar-refractivity contribution is 6.00. The number of rotatable bonds is 5. The molecule has 0 saturated carbocycles. The standard InChI is InChI=1S/C18H21N3O3/c1-2-5-12-10-21(11-15(12)18(23)24)17(22)14-7-4-3-6-13(14)16-19-8-9-20-16/h3-4,6-9,12,15H,2,5,10-11H2,1H3,(H,19,20)(H,23,24)/t12-,15-/m1/s1. The molecule has 3 rings (SSSR count). The zero-order valence-corrected chi connectivity index (χ0v) is 13.6. The molecule has 1 aliphatic heterocycles. The van der Waals surface area contributed by atoms with Crippen molar-refractivity contribution in [2.45, 2.75) is 19.8 Å². The minimum absolute atomic E-state index is 0.0206. The molecule has 0 bridgehead atoms. The number of hydrogen-bond acceptors (Lipinski definition) is 3. The number of nitrogens with zero attached hydrogens (tertiary/aromatic N) is 2. The maximum atomic E-state index is 13.0. The lowest BCUT2D eigenvalue weighted by atomic mass is 9.92. The molecule has 126 valence electrons. The van der Waals surface area contributed by atoms with E-state index in [1.54, 1.807) is 23.4 Å². The molecule has 6 nitrogen and oxygen atoms in total. The first-order chi connectivity index (χ1) is 11.6. The van der Waals surface area contributed by atoms with Crippen molar-refractivity contribution in [3.8, 4) is 11.4 Å². The van der Waals surface area contributed by atoms with Crippen LogP contribution in [0.5, 0.6) is 0 Å². The summed E-state index contributed by atoms with van der Waals surface area (Å²) in [6.45, 7) is 2.80. The molecule has 0 spiro atoms. The maximum Gasteiger partial charge on any atom is 0.308 e. The fourth-order valence-electron chi connectivity index (χ4n) is 3.44. The van der Waals surface area contributed by atoms with Crippen LogP contribution in [0.1, 0.15) is 30.1 Å². The van der Waals surface area contributed by atoms with Gasteiger partial charge in [-0.2, -0.15) is 0 Å². The number of aliphatic carboxylic acids is 1. The summed E-state index contributed by atoms with van der Waals surface area (Å²) in [6.07, 6.45) is 5.09. The molecule has 0 aliphatic carbocycles. The largest absolute Gasteiger partial charge is 0.481 e. The number of carboxylic acid groups (broad SMARTS) is 1. The molecule has 0 unspecified atom stereocenters. The Morgan fingerprint density at radius 1 is 1.33 bits per heavy atom. The van der Waals surface area contributed by atoms with E-state index in [0.29, 0.717) is 17.9 Å². The molecule has 1 fully saturated rings. The molecular weight excluding hydrogens is 306 g/mol. The summed E-state index contributed by atoms with van der Waals surface area (Å²) < 4.78 is 0. The van der Waals surface area contributed by atoms with E-state index in [0.717, 1.165) is 18.4 Å². The van der Waals surface area contributed by atoms with E-state index in [9.17, 15) is 14.7 Å². The van der Waals surface area contributed by atoms with E-state index in [-0.39, 0.29) is 18.4 Å². The second-order valence-electron chi connectivity index (χ2n) is 6.19. The van der Waals surface area contributed by atoms with E-state index >= 15 is 0 Å². The smallest absolute Gasteiger partial charge is 0.308 e. The number of imidazole rings is 1. The van der Waals surface area contributed by atoms with E-state index in [4.69, 9.17) is 0 Å². The zero-order valence-electron chi connectivity index (χ0n) is 13.6. The van der Waals surface area contributed by atoms with Crippen LogP contribution in [0, 0.1) is 11.8 Å². The second kappa shape index (κ2) is 6.86. The number of nitrogens with one attached hydrogen (secondary N) is 1. The minimum atomic E-state index is -0.817. The fraction of sp³-hybridized carbons (Fsp3) is 0.389. The Labute approximate surface area is 140 Å². The fourth-order valence-corrected chi connectivity index (χ4v) is 3.44. The van der Waals surface area contributed by atoms with E-state index in [1.807, 2.05) is 25.1 Å². The predicted octanol–water partition coefficient (Wildman–Crippen LogP) is 2.65. The Morgan fingerprint density at radius 2 is 2.12 bits per heavy atom. The molecule has 1 aliphatic rings. The topological polar surface area (TPSA) is 86.3 Å². The number of carbonyl (C=O) groups excluding carboxylic acids is 1. The molecule has 6 heteroatoms. The van der Waals surface area contributed by atoms with Gasteiger partial charge in [-0.05, 0) is 18.4 Å². The Kier molecular flexibility index (Phi) is 4.64. The van der Waals surface area contributed by atoms with Crippen molar-refractivity contribution >= 4 is 11.9 Å². The summed E-state index contributed by atoms with van der Waals surface area (Å²) in [5.41, 5.74) is 1.28. The Balaban J connectivity index is 1.87. The number of amides is 1. The van der Waals surface area contributed by atoms with Crippen molar-refractivity contribution < 1.29 is 14.7 Å². The van der Waals surface area contributed by atoms with Gasteiger partial charge in [-0.15, -0.1) is 0 Å². The van der Waals surface area contributed by atoms with Gasteiger partial charge in [-0.25, -0.2) is 4.98 Å². The highest BCUT2D eigenvalue weighted by Crippen LogP contribution is 2.30. The van der Waals surface area contributed by atoms with Gasteiger partial charge in [-0.3, -0.25) is 9.59 Å². The number of benzene rings is 1. The summed E-state index contributed by atoms with van der Waals surface area (Å²) in [5, 5.41) is 9.43. The molecule has 1 amide bonds. The summed E-state index contributed by atoms with van der Waals surface area (Å²) in [7, 11) is 0. The molecule has 24 heavy (non-hydrogen) atoms. The van der Waals surface area contributed by atoms with Gasteiger partial charge in [0.05, 0.1) is 11.5 Å². The summed E-state index contributed by atoms with van der Waals surface area (Å²) in [5.74, 6) is -0.773. The quantitative estimate of drug-likeness (QED) is 0.884. The lowest BCUT2D eigenvalue weighted by Crippen LogP contribution is -2.30. The van der Waals surface area contributed by atoms with Crippen molar-refractivity contribution in [2.75, 3.05) is 13.1 Å². The van der Waals surface area contributed by atoms with Gasteiger partial charge >= 0.3 is 5.97 Å². The first kappa shape index (κ1) is 16.2. The number of hydrogen-bond donors (Lipinski definition) is 2. The second-order valence-corrected chi connectivity index (χ2v) is 6.19. The predicted molar refractivity (Wildman–Crippen MR) is 89.5 cm³/mol. The highest BCUT2D eigenvalue weighted by atomic mass is 16.4. The summed E-state index contributed by atoms with van der Waals surface area (Å²) in [4.78, 5) is 33.4. The van der Waals surface area contributed by atoms with E-state index in [2.05, 4.69) is 9.97 Å². The summed E-state index contributed by atoms with van der Waals surface area (Å²) >= 11 is 0. The highest BCUT2D eigenvalue weighted by Gasteiger charge is 2.39. The molecule has 1 saturated heterocycles. The van der Waals surface area contributed by atoms with Gasteiger partial charge in [0, 0.05) is 31.0 Å². The number of carboxylic acids is 1. The summed E-state index contributed by atoms with van der Waals surface area (Å²) in [6, 6.07) is 7.29. The van der Waals surface area contributed by atoms with Crippen LogP contribution in [0.2, 0.25) is 0 Å². The van der Waals surface area contributed by atoms with Crippen LogP contribution in [-0.4, -0.2) is 44.9 Å². The molecule has 2 aromatic rings. The molecule has 0 radical (unpaired) electrons. The van der Waals surface area contributed by atoms with Crippen molar-refractivity contribution in [3.05, 3.63) is 42.2 Å². The van der Waals surface area contributed by atoms with Crippen molar-refractivity contribution in [3.63, 3.8) is 0 Å². The van der Waals surface area contributed by atoms with Gasteiger partial charge in [0.15, 0.2) is 0 Å². The van der Waals surface area contributed by atoms with Crippen LogP contribution >= 0.6 is 0 Å². The Bertz CT molecular complexity index is 727. The van der Waals surface area contributed by atoms with Gasteiger partial charge in [-0.1, -0.05) is 31.5 Å². The van der Waals surface area contributed by atoms with Crippen LogP contribution in [0.15, 0.2) is 36.7 Å². The third kappa shape index (κ3) is 3.04. The van der Waals surface area contributed by atoms with Crippen LogP contribution in [0.25, 0.3) is 11.4 Å². The first-order valence-corrected chi connectivity index (χ1v) is 8.22. The average molecular weight is 327 g/mol. The third-order valence-corrected chi connectivity index (χ3v) is 4.62. The molecule has 2 heterocycles. The molecule has 1 aromatic carbocycles. The average Bonchev–Trinajstić information content (AvgIpc) is 3.24. The Hall–Kier alpha value is -2.63. The molecule has 2 N–H and O–H groups in total. The number of likely N-dealkylation sites (tertiary alicyclic amines) is 1. The van der Waals surface area contributed by atoms with Crippen LogP contribution < -0.4 is 0 Å². The zero-order chi connectivity index (χ0) is 17.1. The SMILES string of the molecule is CCC[C@@H]1CN(C(=O)c2ccccc2-c2ncc[nH]2)C[C@H]1C(=O)O. The lowest BCUT2D eigenvalue weighted by molar-refractivity contribution is -0.142. The van der Waals surface area contributed by atoms with Crippen LogP contribution in [-0.2, 0) is 4.79 Å². The van der Waals surface area contributed by atoms with Crippen molar-refractivity contribution in [2.24, 2.45) is 11.8 Å². The van der Waals surface area contributed by atoms with Gasteiger partial charge < -0.3 is 15.0 Å². The number of H-pyrrole nitrogens is 1. The van der Waals surface area contributed by atoms with Crippen LogP contribution in [0.4, 0.5) is 0 Å². The lowest BCUT2D eigenvalue weighted by Gasteiger charge is -2.18. The number of carbonyl (C=O) groups is 2. The molecule has 1 aromatic heterocycles. The normalized spacial score (nSPS) is 20.3. The van der Waals surface area contributed by atoms with Crippen LogP contribution in [0.3, 0.4) is 0 Å². The van der Waals surface area contributed by atoms with E-state index in [1.165, 1.54) is 0 Å². The van der Waals surface area contributed by atoms with Gasteiger partial charge in [0.2, 0.25) is 0 Å². The molecular formula is C18H21N3O3. The van der Waals surface area contributed by atoms with Crippen molar-refractivity contribution in [1.82, 2.24) is 14.9 Å². The monoisotopic (exact) mass is 327 g/mol. The molecule has 2 atom stereocenters. The van der Waals surface area contributed by atoms with Gasteiger partial charge in [0.25, 0.3) is 5.91 Å². The number of aromatic amines is 1. The maximum absolute atomic E-state index is 13.0. The van der Waals surface area contributed by atoms with E-state index < -0.39 is 11.9 Å². The first-order valence-electron chi connectivity index (χ1n) is 8.22. The van der Waals surface area contributed by atoms with Crippen molar-refractivity contribution in [1.29, 1.82) is 0 Å².